The number of hydrogen-bond donors (Lipinski definition) is 0. The van der Waals surface area contributed by atoms with E-state index in [0.717, 1.165) is 16.7 Å². The number of fused-ring (bicyclic) bond motifs is 1. The molecule has 1 aliphatic carbocycles. The van der Waals surface area contributed by atoms with Gasteiger partial charge in [-0.3, -0.25) is 4.79 Å². The largest absolute Gasteiger partial charge is 0.472 e. The molecule has 1 aliphatic heterocycles. The lowest BCUT2D eigenvalue weighted by atomic mass is 9.75. The monoisotopic (exact) mass is 272 g/mol. The Bertz CT molecular complexity index is 644. The summed E-state index contributed by atoms with van der Waals surface area (Å²) < 4.78 is 10.6. The van der Waals surface area contributed by atoms with Crippen LogP contribution in [0.2, 0.25) is 0 Å². The van der Waals surface area contributed by atoms with Crippen molar-refractivity contribution in [1.82, 2.24) is 0 Å². The van der Waals surface area contributed by atoms with Gasteiger partial charge in [0.25, 0.3) is 0 Å². The minimum atomic E-state index is -0.512. The maximum absolute atomic E-state index is 12.5. The van der Waals surface area contributed by atoms with Gasteiger partial charge in [-0.2, -0.15) is 0 Å². The van der Waals surface area contributed by atoms with Crippen LogP contribution in [0.4, 0.5) is 0 Å². The molecule has 1 aromatic rings. The Morgan fingerprint density at radius 3 is 2.70 bits per heavy atom. The van der Waals surface area contributed by atoms with Crippen LogP contribution in [-0.2, 0) is 14.3 Å². The van der Waals surface area contributed by atoms with Crippen molar-refractivity contribution >= 4 is 11.8 Å². The van der Waals surface area contributed by atoms with E-state index >= 15 is 0 Å². The van der Waals surface area contributed by atoms with Crippen molar-refractivity contribution in [1.29, 1.82) is 0 Å². The van der Waals surface area contributed by atoms with Gasteiger partial charge in [-0.05, 0) is 31.9 Å². The lowest BCUT2D eigenvalue weighted by Crippen LogP contribution is -2.33. The van der Waals surface area contributed by atoms with Gasteiger partial charge >= 0.3 is 5.97 Å². The number of ketones is 1. The molecule has 2 atom stereocenters. The molecule has 0 saturated heterocycles. The molecule has 104 valence electrons. The van der Waals surface area contributed by atoms with E-state index in [-0.39, 0.29) is 5.78 Å². The van der Waals surface area contributed by atoms with Crippen LogP contribution in [0.1, 0.15) is 38.9 Å². The van der Waals surface area contributed by atoms with E-state index in [2.05, 4.69) is 0 Å². The van der Waals surface area contributed by atoms with Gasteiger partial charge in [0.1, 0.15) is 6.10 Å². The van der Waals surface area contributed by atoms with E-state index in [1.807, 2.05) is 20.8 Å². The molecular weight excluding hydrogens is 256 g/mol. The Hall–Kier alpha value is -2.10. The molecule has 1 saturated carbocycles. The summed E-state index contributed by atoms with van der Waals surface area (Å²) in [4.78, 5) is 24.3. The first-order valence-corrected chi connectivity index (χ1v) is 6.59. The van der Waals surface area contributed by atoms with Gasteiger partial charge in [0.15, 0.2) is 5.78 Å². The third-order valence-corrected chi connectivity index (χ3v) is 4.20. The van der Waals surface area contributed by atoms with E-state index in [1.165, 1.54) is 6.08 Å². The van der Waals surface area contributed by atoms with Crippen molar-refractivity contribution in [3.63, 3.8) is 0 Å². The summed E-state index contributed by atoms with van der Waals surface area (Å²) in [7, 11) is 0. The van der Waals surface area contributed by atoms with Crippen molar-refractivity contribution in [2.45, 2.75) is 33.3 Å². The molecule has 2 aliphatic rings. The van der Waals surface area contributed by atoms with E-state index in [1.54, 1.807) is 18.6 Å². The smallest absolute Gasteiger partial charge is 0.331 e. The second-order valence-electron chi connectivity index (χ2n) is 5.83. The highest BCUT2D eigenvalue weighted by Gasteiger charge is 2.53. The highest BCUT2D eigenvalue weighted by atomic mass is 16.5. The molecule has 0 N–H and O–H groups in total. The maximum atomic E-state index is 12.5. The molecule has 4 nitrogen and oxygen atoms in total. The number of esters is 1. The second kappa shape index (κ2) is 4.20. The van der Waals surface area contributed by atoms with Crippen molar-refractivity contribution in [3.05, 3.63) is 47.0 Å². The standard InChI is InChI=1S/C16H16O4/c1-9(2)11-7-16(3)12(14(11)18)6-13(17)20-15(16)10-4-5-19-8-10/h4-6,8,15H,7H2,1-3H3/t15-,16+/m0/s1. The fourth-order valence-electron chi connectivity index (χ4n) is 3.09. The number of carbonyl (C=O) groups is 2. The summed E-state index contributed by atoms with van der Waals surface area (Å²) in [5.41, 5.74) is 2.60. The highest BCUT2D eigenvalue weighted by Crippen LogP contribution is 2.55. The zero-order valence-corrected chi connectivity index (χ0v) is 11.7. The van der Waals surface area contributed by atoms with Gasteiger partial charge in [0.2, 0.25) is 0 Å². The molecule has 1 aromatic heterocycles. The number of Topliss-reactive ketones (excluding diaryl/α,β-unsaturated/α-hetero) is 1. The Balaban J connectivity index is 2.15. The average molecular weight is 272 g/mol. The average Bonchev–Trinajstić information content (AvgIpc) is 2.98. The van der Waals surface area contributed by atoms with Crippen LogP contribution in [0.15, 0.2) is 45.8 Å². The second-order valence-corrected chi connectivity index (χ2v) is 5.83. The molecule has 3 rings (SSSR count). The molecule has 1 fully saturated rings. The van der Waals surface area contributed by atoms with Crippen LogP contribution in [0.3, 0.4) is 0 Å². The number of allylic oxidation sites excluding steroid dienone is 2. The zero-order chi connectivity index (χ0) is 14.5. The zero-order valence-electron chi connectivity index (χ0n) is 11.7. The number of carbonyl (C=O) groups excluding carboxylic acids is 2. The Kier molecular flexibility index (Phi) is 2.71. The number of hydrogen-bond acceptors (Lipinski definition) is 4. The minimum absolute atomic E-state index is 0.0300. The number of cyclic esters (lactones) is 1. The van der Waals surface area contributed by atoms with Gasteiger partial charge in [0.05, 0.1) is 12.5 Å². The van der Waals surface area contributed by atoms with Gasteiger partial charge in [-0.15, -0.1) is 0 Å². The topological polar surface area (TPSA) is 56.5 Å². The van der Waals surface area contributed by atoms with E-state index < -0.39 is 17.5 Å². The van der Waals surface area contributed by atoms with Crippen LogP contribution in [0.5, 0.6) is 0 Å². The van der Waals surface area contributed by atoms with Crippen molar-refractivity contribution in [2.75, 3.05) is 0 Å². The lowest BCUT2D eigenvalue weighted by molar-refractivity contribution is -0.151. The van der Waals surface area contributed by atoms with Gasteiger partial charge in [-0.25, -0.2) is 4.79 Å². The van der Waals surface area contributed by atoms with Crippen molar-refractivity contribution in [3.8, 4) is 0 Å². The molecule has 2 heterocycles. The number of rotatable bonds is 1. The van der Waals surface area contributed by atoms with Crippen LogP contribution >= 0.6 is 0 Å². The SMILES string of the molecule is CC(C)=C1C[C@]2(C)C(=CC(=O)O[C@H]2c2ccoc2)C1=O. The summed E-state index contributed by atoms with van der Waals surface area (Å²) in [6.07, 6.45) is 4.56. The van der Waals surface area contributed by atoms with Crippen molar-refractivity contribution in [2.24, 2.45) is 5.41 Å². The van der Waals surface area contributed by atoms with Crippen LogP contribution < -0.4 is 0 Å². The van der Waals surface area contributed by atoms with E-state index in [4.69, 9.17) is 9.15 Å². The van der Waals surface area contributed by atoms with Gasteiger partial charge in [0, 0.05) is 22.6 Å². The Morgan fingerprint density at radius 2 is 2.10 bits per heavy atom. The summed E-state index contributed by atoms with van der Waals surface area (Å²) in [5, 5.41) is 0. The quantitative estimate of drug-likeness (QED) is 0.582. The molecule has 0 spiro atoms. The maximum Gasteiger partial charge on any atom is 0.331 e. The first-order valence-electron chi connectivity index (χ1n) is 6.59. The minimum Gasteiger partial charge on any atom is -0.472 e. The van der Waals surface area contributed by atoms with E-state index in [0.29, 0.717) is 12.0 Å². The molecule has 4 heteroatoms. The van der Waals surface area contributed by atoms with Gasteiger partial charge < -0.3 is 9.15 Å². The summed E-state index contributed by atoms with van der Waals surface area (Å²) in [6, 6.07) is 1.77. The molecule has 20 heavy (non-hydrogen) atoms. The lowest BCUT2D eigenvalue weighted by Gasteiger charge is -2.36. The number of ether oxygens (including phenoxy) is 1. The van der Waals surface area contributed by atoms with Gasteiger partial charge in [-0.1, -0.05) is 12.5 Å². The molecule has 0 amide bonds. The molecule has 0 radical (unpaired) electrons. The fraction of sp³-hybridized carbons (Fsp3) is 0.375. The van der Waals surface area contributed by atoms with Crippen LogP contribution in [0.25, 0.3) is 0 Å². The first kappa shape index (κ1) is 12.9. The third-order valence-electron chi connectivity index (χ3n) is 4.20. The van der Waals surface area contributed by atoms with Crippen LogP contribution in [-0.4, -0.2) is 11.8 Å². The Labute approximate surface area is 117 Å². The van der Waals surface area contributed by atoms with Crippen molar-refractivity contribution < 1.29 is 18.7 Å². The third kappa shape index (κ3) is 1.68. The summed E-state index contributed by atoms with van der Waals surface area (Å²) in [5.74, 6) is -0.496. The predicted molar refractivity (Wildman–Crippen MR) is 71.7 cm³/mol. The fourth-order valence-corrected chi connectivity index (χ4v) is 3.09. The van der Waals surface area contributed by atoms with Crippen LogP contribution in [0, 0.1) is 5.41 Å². The summed E-state index contributed by atoms with van der Waals surface area (Å²) in [6.45, 7) is 5.81. The molecular formula is C16H16O4. The molecule has 0 bridgehead atoms. The number of furan rings is 1. The first-order chi connectivity index (χ1) is 9.43. The highest BCUT2D eigenvalue weighted by molar-refractivity contribution is 6.15. The molecule has 0 unspecified atom stereocenters. The molecule has 0 aromatic carbocycles. The normalized spacial score (nSPS) is 29.1. The van der Waals surface area contributed by atoms with E-state index in [9.17, 15) is 9.59 Å². The summed E-state index contributed by atoms with van der Waals surface area (Å²) >= 11 is 0. The Morgan fingerprint density at radius 1 is 1.35 bits per heavy atom. The predicted octanol–water partition coefficient (Wildman–Crippen LogP) is 3.12.